The molecule has 0 aliphatic rings. The van der Waals surface area contributed by atoms with Crippen LogP contribution in [0.4, 0.5) is 0 Å². The molecular formula is C33H40NO5P. The molecule has 4 aromatic carbocycles. The van der Waals surface area contributed by atoms with Crippen LogP contribution in [0, 0.1) is 0 Å². The van der Waals surface area contributed by atoms with Crippen LogP contribution in [0.2, 0.25) is 0 Å². The standard InChI is InChI=1S/C33H40NO5P/c1-5-39-40(36,37)30-18-16-27(17-19-30)32-13-9-8-12-31(32)24(2)38-23-29(35)22-34-33(3,4)21-25-14-15-26-10-6-7-11-28(26)20-25/h6-20,24,29,34-35H,5,21-23H2,1-4H3,(H,36,37)/t24-,29-/m1/s1. The monoisotopic (exact) mass is 561 g/mol. The first kappa shape index (κ1) is 30.1. The van der Waals surface area contributed by atoms with E-state index in [-0.39, 0.29) is 30.2 Å². The maximum atomic E-state index is 12.3. The second kappa shape index (κ2) is 13.2. The summed E-state index contributed by atoms with van der Waals surface area (Å²) in [7, 11) is -3.82. The minimum atomic E-state index is -3.82. The van der Waals surface area contributed by atoms with Gasteiger partial charge in [0.2, 0.25) is 0 Å². The highest BCUT2D eigenvalue weighted by atomic mass is 31.2. The Kier molecular flexibility index (Phi) is 9.96. The summed E-state index contributed by atoms with van der Waals surface area (Å²) in [5.41, 5.74) is 3.90. The van der Waals surface area contributed by atoms with E-state index in [4.69, 9.17) is 9.26 Å². The maximum Gasteiger partial charge on any atom is 0.358 e. The summed E-state index contributed by atoms with van der Waals surface area (Å²) >= 11 is 0. The highest BCUT2D eigenvalue weighted by Crippen LogP contribution is 2.41. The molecule has 3 atom stereocenters. The number of benzene rings is 4. The molecule has 1 unspecified atom stereocenters. The van der Waals surface area contributed by atoms with Gasteiger partial charge in [0.05, 0.1) is 30.7 Å². The van der Waals surface area contributed by atoms with Crippen molar-refractivity contribution >= 4 is 23.7 Å². The molecule has 0 spiro atoms. The normalized spacial score (nSPS) is 15.1. The Labute approximate surface area is 237 Å². The van der Waals surface area contributed by atoms with Crippen LogP contribution in [-0.2, 0) is 20.2 Å². The first-order chi connectivity index (χ1) is 19.1. The predicted molar refractivity (Wildman–Crippen MR) is 163 cm³/mol. The van der Waals surface area contributed by atoms with Crippen molar-refractivity contribution in [2.24, 2.45) is 0 Å². The van der Waals surface area contributed by atoms with E-state index in [1.54, 1.807) is 19.1 Å². The van der Waals surface area contributed by atoms with Crippen LogP contribution in [0.1, 0.15) is 44.9 Å². The highest BCUT2D eigenvalue weighted by molar-refractivity contribution is 7.61. The van der Waals surface area contributed by atoms with Crippen LogP contribution in [0.5, 0.6) is 0 Å². The third-order valence-corrected chi connectivity index (χ3v) is 8.58. The number of ether oxygens (including phenoxy) is 1. The lowest BCUT2D eigenvalue weighted by Gasteiger charge is -2.28. The Balaban J connectivity index is 1.33. The summed E-state index contributed by atoms with van der Waals surface area (Å²) in [6.45, 7) is 8.71. The molecule has 212 valence electrons. The predicted octanol–water partition coefficient (Wildman–Crippen LogP) is 6.40. The molecule has 7 heteroatoms. The van der Waals surface area contributed by atoms with Gasteiger partial charge in [-0.2, -0.15) is 0 Å². The Morgan fingerprint density at radius 2 is 1.60 bits per heavy atom. The molecule has 0 amide bonds. The van der Waals surface area contributed by atoms with Crippen LogP contribution >= 0.6 is 7.60 Å². The van der Waals surface area contributed by atoms with Crippen molar-refractivity contribution in [1.29, 1.82) is 0 Å². The first-order valence-electron chi connectivity index (χ1n) is 13.8. The van der Waals surface area contributed by atoms with Gasteiger partial charge in [-0.05, 0) is 79.3 Å². The van der Waals surface area contributed by atoms with E-state index >= 15 is 0 Å². The number of fused-ring (bicyclic) bond motifs is 1. The van der Waals surface area contributed by atoms with Gasteiger partial charge >= 0.3 is 7.60 Å². The fraction of sp³-hybridized carbons (Fsp3) is 0.333. The summed E-state index contributed by atoms with van der Waals surface area (Å²) in [5, 5.41) is 16.9. The summed E-state index contributed by atoms with van der Waals surface area (Å²) in [6, 6.07) is 29.7. The van der Waals surface area contributed by atoms with Crippen LogP contribution in [0.3, 0.4) is 0 Å². The SMILES string of the molecule is CCOP(=O)(O)c1ccc(-c2ccccc2[C@@H](C)OC[C@H](O)CNC(C)(C)Cc2ccc3ccccc3c2)cc1. The summed E-state index contributed by atoms with van der Waals surface area (Å²) in [6.07, 6.45) is -0.0878. The Bertz CT molecular complexity index is 1450. The number of hydrogen-bond donors (Lipinski definition) is 3. The van der Waals surface area contributed by atoms with E-state index < -0.39 is 13.7 Å². The van der Waals surface area contributed by atoms with E-state index in [2.05, 4.69) is 61.6 Å². The molecule has 0 saturated carbocycles. The lowest BCUT2D eigenvalue weighted by atomic mass is 9.93. The van der Waals surface area contributed by atoms with E-state index in [1.165, 1.54) is 16.3 Å². The molecule has 4 rings (SSSR count). The number of β-amino-alcohol motifs (C(OH)–C–C–N with tert-alkyl or cyclic N) is 1. The zero-order valence-corrected chi connectivity index (χ0v) is 24.6. The molecule has 0 radical (unpaired) electrons. The third-order valence-electron chi connectivity index (χ3n) is 7.02. The van der Waals surface area contributed by atoms with Gasteiger partial charge in [-0.1, -0.05) is 78.9 Å². The van der Waals surface area contributed by atoms with Gasteiger partial charge in [0.25, 0.3) is 0 Å². The second-order valence-electron chi connectivity index (χ2n) is 10.8. The van der Waals surface area contributed by atoms with Crippen molar-refractivity contribution in [1.82, 2.24) is 5.32 Å². The summed E-state index contributed by atoms with van der Waals surface area (Å²) < 4.78 is 23.5. The molecule has 6 nitrogen and oxygen atoms in total. The minimum absolute atomic E-state index is 0.163. The van der Waals surface area contributed by atoms with Crippen LogP contribution < -0.4 is 10.6 Å². The Morgan fingerprint density at radius 1 is 0.925 bits per heavy atom. The fourth-order valence-electron chi connectivity index (χ4n) is 4.91. The van der Waals surface area contributed by atoms with Gasteiger partial charge in [-0.25, -0.2) is 0 Å². The quantitative estimate of drug-likeness (QED) is 0.164. The topological polar surface area (TPSA) is 88.0 Å². The molecule has 4 aromatic rings. The molecule has 3 N–H and O–H groups in total. The van der Waals surface area contributed by atoms with Crippen LogP contribution in [-0.4, -0.2) is 41.4 Å². The van der Waals surface area contributed by atoms with Gasteiger partial charge in [0, 0.05) is 12.1 Å². The van der Waals surface area contributed by atoms with Crippen molar-refractivity contribution < 1.29 is 23.8 Å². The molecule has 0 fully saturated rings. The van der Waals surface area contributed by atoms with E-state index in [1.807, 2.05) is 43.3 Å². The maximum absolute atomic E-state index is 12.3. The number of aliphatic hydroxyl groups is 1. The molecule has 0 bridgehead atoms. The zero-order valence-electron chi connectivity index (χ0n) is 23.7. The van der Waals surface area contributed by atoms with Crippen molar-refractivity contribution in [3.05, 3.63) is 102 Å². The van der Waals surface area contributed by atoms with E-state index in [0.717, 1.165) is 23.1 Å². The lowest BCUT2D eigenvalue weighted by Crippen LogP contribution is -2.46. The highest BCUT2D eigenvalue weighted by Gasteiger charge is 2.23. The van der Waals surface area contributed by atoms with Gasteiger partial charge in [-0.15, -0.1) is 0 Å². The summed E-state index contributed by atoms with van der Waals surface area (Å²) in [5.74, 6) is 0. The van der Waals surface area contributed by atoms with E-state index in [9.17, 15) is 14.6 Å². The number of aliphatic hydroxyl groups excluding tert-OH is 1. The van der Waals surface area contributed by atoms with Gasteiger partial charge < -0.3 is 24.6 Å². The largest absolute Gasteiger partial charge is 0.389 e. The first-order valence-corrected chi connectivity index (χ1v) is 15.4. The van der Waals surface area contributed by atoms with Crippen LogP contribution in [0.25, 0.3) is 21.9 Å². The van der Waals surface area contributed by atoms with Crippen molar-refractivity contribution in [3.8, 4) is 11.1 Å². The number of nitrogens with one attached hydrogen (secondary N) is 1. The zero-order chi connectivity index (χ0) is 28.8. The van der Waals surface area contributed by atoms with Crippen molar-refractivity contribution in [3.63, 3.8) is 0 Å². The summed E-state index contributed by atoms with van der Waals surface area (Å²) in [4.78, 5) is 10.1. The van der Waals surface area contributed by atoms with Gasteiger partial charge in [-0.3, -0.25) is 4.57 Å². The van der Waals surface area contributed by atoms with E-state index in [0.29, 0.717) is 6.54 Å². The third kappa shape index (κ3) is 7.88. The van der Waals surface area contributed by atoms with Gasteiger partial charge in [0.15, 0.2) is 0 Å². The lowest BCUT2D eigenvalue weighted by molar-refractivity contribution is -0.00397. The van der Waals surface area contributed by atoms with Gasteiger partial charge in [0.1, 0.15) is 0 Å². The molecular weight excluding hydrogens is 521 g/mol. The Hall–Kier alpha value is -2.83. The molecule has 0 saturated heterocycles. The smallest absolute Gasteiger partial charge is 0.358 e. The number of hydrogen-bond acceptors (Lipinski definition) is 5. The second-order valence-corrected chi connectivity index (χ2v) is 12.6. The molecule has 0 heterocycles. The average Bonchev–Trinajstić information content (AvgIpc) is 2.94. The molecule has 0 aliphatic carbocycles. The van der Waals surface area contributed by atoms with Crippen molar-refractivity contribution in [2.45, 2.75) is 51.9 Å². The van der Waals surface area contributed by atoms with Crippen LogP contribution in [0.15, 0.2) is 91.0 Å². The number of rotatable bonds is 13. The molecule has 0 aliphatic heterocycles. The fourth-order valence-corrected chi connectivity index (χ4v) is 5.94. The molecule has 40 heavy (non-hydrogen) atoms. The Morgan fingerprint density at radius 3 is 2.33 bits per heavy atom. The molecule has 0 aromatic heterocycles. The minimum Gasteiger partial charge on any atom is -0.389 e. The van der Waals surface area contributed by atoms with Crippen molar-refractivity contribution in [2.75, 3.05) is 19.8 Å². The average molecular weight is 562 g/mol.